The topological polar surface area (TPSA) is 28.7 Å². The van der Waals surface area contributed by atoms with E-state index in [0.717, 1.165) is 18.5 Å². The minimum atomic E-state index is 0.890. The van der Waals surface area contributed by atoms with Crippen molar-refractivity contribution in [2.45, 2.75) is 12.8 Å². The Morgan fingerprint density at radius 2 is 1.74 bits per heavy atom. The molecule has 0 saturated heterocycles. The summed E-state index contributed by atoms with van der Waals surface area (Å²) in [5.41, 5.74) is 7.79. The largest absolute Gasteiger partial charge is 0.281 e. The van der Waals surface area contributed by atoms with Crippen LogP contribution in [0.5, 0.6) is 0 Å². The summed E-state index contributed by atoms with van der Waals surface area (Å²) in [5.74, 6) is 0. The molecule has 0 radical (unpaired) electrons. The van der Waals surface area contributed by atoms with Crippen LogP contribution in [0.1, 0.15) is 22.5 Å². The summed E-state index contributed by atoms with van der Waals surface area (Å²) in [5, 5.41) is 7.71. The number of hydrogen-bond donors (Lipinski definition) is 1. The molecule has 2 nitrogen and oxygen atoms in total. The molecule has 0 spiro atoms. The first-order valence-electron chi connectivity index (χ1n) is 6.60. The van der Waals surface area contributed by atoms with E-state index in [1.165, 1.54) is 27.9 Å². The number of hydrogen-bond acceptors (Lipinski definition) is 1. The van der Waals surface area contributed by atoms with Gasteiger partial charge >= 0.3 is 0 Å². The van der Waals surface area contributed by atoms with Gasteiger partial charge in [-0.3, -0.25) is 5.10 Å². The zero-order chi connectivity index (χ0) is 12.7. The van der Waals surface area contributed by atoms with Crippen molar-refractivity contribution in [2.24, 2.45) is 0 Å². The smallest absolute Gasteiger partial charge is 0.0747 e. The maximum atomic E-state index is 4.51. The van der Waals surface area contributed by atoms with Crippen LogP contribution in [0.25, 0.3) is 11.1 Å². The molecule has 1 heterocycles. The van der Waals surface area contributed by atoms with Crippen molar-refractivity contribution in [2.75, 3.05) is 0 Å². The lowest BCUT2D eigenvalue weighted by atomic mass is 10.0. The van der Waals surface area contributed by atoms with Crippen molar-refractivity contribution < 1.29 is 0 Å². The Kier molecular flexibility index (Phi) is 2.27. The zero-order valence-electron chi connectivity index (χ0n) is 10.6. The summed E-state index contributed by atoms with van der Waals surface area (Å²) in [7, 11) is 0. The van der Waals surface area contributed by atoms with E-state index in [4.69, 9.17) is 0 Å². The maximum Gasteiger partial charge on any atom is 0.0747 e. The molecule has 1 aromatic heterocycles. The second-order valence-electron chi connectivity index (χ2n) is 5.02. The molecule has 3 aromatic rings. The van der Waals surface area contributed by atoms with Crippen LogP contribution in [-0.4, -0.2) is 10.2 Å². The lowest BCUT2D eigenvalue weighted by Crippen LogP contribution is -1.91. The van der Waals surface area contributed by atoms with Gasteiger partial charge in [-0.15, -0.1) is 0 Å². The standard InChI is InChI=1S/C17H14N2/c1-2-6-12(7-3-1)10-15-17-14-9-5-4-8-13(14)11-16(17)19-18-15/h1-9H,10-11H2,(H,18,19). The molecule has 0 unspecified atom stereocenters. The predicted molar refractivity (Wildman–Crippen MR) is 76.1 cm³/mol. The van der Waals surface area contributed by atoms with E-state index >= 15 is 0 Å². The molecule has 0 fully saturated rings. The highest BCUT2D eigenvalue weighted by atomic mass is 15.1. The molecule has 0 aliphatic heterocycles. The van der Waals surface area contributed by atoms with Crippen LogP contribution in [0, 0.1) is 0 Å². The second-order valence-corrected chi connectivity index (χ2v) is 5.02. The molecule has 0 amide bonds. The van der Waals surface area contributed by atoms with E-state index in [1.54, 1.807) is 0 Å². The third kappa shape index (κ3) is 1.68. The molecule has 0 bridgehead atoms. The van der Waals surface area contributed by atoms with Crippen molar-refractivity contribution >= 4 is 0 Å². The SMILES string of the molecule is c1ccc(Cc2n[nH]c3c2-c2ccccc2C3)cc1. The Balaban J connectivity index is 1.78. The molecule has 92 valence electrons. The van der Waals surface area contributed by atoms with Crippen molar-refractivity contribution in [3.8, 4) is 11.1 Å². The third-order valence-electron chi connectivity index (χ3n) is 3.78. The Bertz CT molecular complexity index is 726. The maximum absolute atomic E-state index is 4.51. The van der Waals surface area contributed by atoms with Crippen LogP contribution in [-0.2, 0) is 12.8 Å². The fourth-order valence-electron chi connectivity index (χ4n) is 2.89. The number of H-pyrrole nitrogens is 1. The average molecular weight is 246 g/mol. The summed E-state index contributed by atoms with van der Waals surface area (Å²) < 4.78 is 0. The van der Waals surface area contributed by atoms with E-state index in [0.29, 0.717) is 0 Å². The predicted octanol–water partition coefficient (Wildman–Crippen LogP) is 3.57. The van der Waals surface area contributed by atoms with Crippen LogP contribution in [0.4, 0.5) is 0 Å². The molecule has 1 N–H and O–H groups in total. The van der Waals surface area contributed by atoms with Crippen LogP contribution in [0.15, 0.2) is 54.6 Å². The van der Waals surface area contributed by atoms with Crippen LogP contribution >= 0.6 is 0 Å². The minimum Gasteiger partial charge on any atom is -0.281 e. The van der Waals surface area contributed by atoms with Crippen molar-refractivity contribution in [1.29, 1.82) is 0 Å². The van der Waals surface area contributed by atoms with Crippen molar-refractivity contribution in [3.63, 3.8) is 0 Å². The molecule has 2 aromatic carbocycles. The first-order valence-corrected chi connectivity index (χ1v) is 6.60. The van der Waals surface area contributed by atoms with Gasteiger partial charge in [0.05, 0.1) is 5.69 Å². The molecular formula is C17H14N2. The first-order chi connectivity index (χ1) is 9.42. The number of nitrogens with one attached hydrogen (secondary N) is 1. The fourth-order valence-corrected chi connectivity index (χ4v) is 2.89. The second kappa shape index (κ2) is 4.09. The molecule has 19 heavy (non-hydrogen) atoms. The number of benzene rings is 2. The van der Waals surface area contributed by atoms with E-state index in [1.807, 2.05) is 6.07 Å². The zero-order valence-corrected chi connectivity index (χ0v) is 10.6. The van der Waals surface area contributed by atoms with Gasteiger partial charge in [0, 0.05) is 24.1 Å². The van der Waals surface area contributed by atoms with Gasteiger partial charge in [0.25, 0.3) is 0 Å². The Morgan fingerprint density at radius 1 is 0.947 bits per heavy atom. The first kappa shape index (κ1) is 10.6. The highest BCUT2D eigenvalue weighted by molar-refractivity contribution is 5.77. The van der Waals surface area contributed by atoms with E-state index in [9.17, 15) is 0 Å². The fraction of sp³-hybridized carbons (Fsp3) is 0.118. The molecule has 4 rings (SSSR count). The highest BCUT2D eigenvalue weighted by Gasteiger charge is 2.23. The van der Waals surface area contributed by atoms with Gasteiger partial charge in [0.15, 0.2) is 0 Å². The molecule has 0 saturated carbocycles. The van der Waals surface area contributed by atoms with Gasteiger partial charge in [-0.2, -0.15) is 5.10 Å². The lowest BCUT2D eigenvalue weighted by molar-refractivity contribution is 0.958. The van der Waals surface area contributed by atoms with Crippen molar-refractivity contribution in [1.82, 2.24) is 10.2 Å². The van der Waals surface area contributed by atoms with E-state index < -0.39 is 0 Å². The summed E-state index contributed by atoms with van der Waals surface area (Å²) >= 11 is 0. The summed E-state index contributed by atoms with van der Waals surface area (Å²) in [4.78, 5) is 0. The number of nitrogens with zero attached hydrogens (tertiary/aromatic N) is 1. The Labute approximate surface area is 112 Å². The van der Waals surface area contributed by atoms with Crippen molar-refractivity contribution in [3.05, 3.63) is 77.1 Å². The normalized spacial score (nSPS) is 12.2. The summed E-state index contributed by atoms with van der Waals surface area (Å²) in [6.07, 6.45) is 1.87. The molecule has 1 aliphatic rings. The van der Waals surface area contributed by atoms with Gasteiger partial charge in [0.1, 0.15) is 0 Å². The summed E-state index contributed by atoms with van der Waals surface area (Å²) in [6.45, 7) is 0. The molecule has 2 heteroatoms. The Morgan fingerprint density at radius 3 is 2.63 bits per heavy atom. The van der Waals surface area contributed by atoms with Gasteiger partial charge < -0.3 is 0 Å². The van der Waals surface area contributed by atoms with E-state index in [2.05, 4.69) is 58.7 Å². The number of fused-ring (bicyclic) bond motifs is 3. The van der Waals surface area contributed by atoms with Gasteiger partial charge in [0.2, 0.25) is 0 Å². The average Bonchev–Trinajstić information content (AvgIpc) is 3.00. The summed E-state index contributed by atoms with van der Waals surface area (Å²) in [6, 6.07) is 19.1. The molecule has 0 atom stereocenters. The van der Waals surface area contributed by atoms with Crippen LogP contribution < -0.4 is 0 Å². The Hall–Kier alpha value is -2.35. The quantitative estimate of drug-likeness (QED) is 0.575. The highest BCUT2D eigenvalue weighted by Crippen LogP contribution is 2.38. The van der Waals surface area contributed by atoms with Crippen LogP contribution in [0.2, 0.25) is 0 Å². The van der Waals surface area contributed by atoms with Gasteiger partial charge in [-0.1, -0.05) is 54.6 Å². The molecule has 1 aliphatic carbocycles. The third-order valence-corrected chi connectivity index (χ3v) is 3.78. The number of aromatic amines is 1. The van der Waals surface area contributed by atoms with Gasteiger partial charge in [-0.25, -0.2) is 0 Å². The number of rotatable bonds is 2. The lowest BCUT2D eigenvalue weighted by Gasteiger charge is -2.03. The molecular weight excluding hydrogens is 232 g/mol. The van der Waals surface area contributed by atoms with Crippen LogP contribution in [0.3, 0.4) is 0 Å². The van der Waals surface area contributed by atoms with E-state index in [-0.39, 0.29) is 0 Å². The monoisotopic (exact) mass is 246 g/mol. The number of aromatic nitrogens is 2. The minimum absolute atomic E-state index is 0.890. The van der Waals surface area contributed by atoms with Gasteiger partial charge in [-0.05, 0) is 16.7 Å².